The number of H-pyrrole nitrogens is 1. The minimum Gasteiger partial charge on any atom is -0.481 e. The van der Waals surface area contributed by atoms with Gasteiger partial charge in [-0.15, -0.1) is 0 Å². The molecular weight excluding hydrogens is 190 g/mol. The minimum absolute atomic E-state index is 0.607. The summed E-state index contributed by atoms with van der Waals surface area (Å²) >= 11 is 0. The van der Waals surface area contributed by atoms with Crippen LogP contribution in [0.25, 0.3) is 11.2 Å². The maximum atomic E-state index is 5.05. The average Bonchev–Trinajstić information content (AvgIpc) is 2.67. The molecule has 2 heterocycles. The van der Waals surface area contributed by atoms with E-state index in [0.717, 1.165) is 29.8 Å². The number of unbranched alkanes of at least 4 members (excludes halogenated alkanes) is 1. The van der Waals surface area contributed by atoms with Crippen LogP contribution in [0.3, 0.4) is 0 Å². The Morgan fingerprint density at radius 1 is 1.33 bits per heavy atom. The average molecular weight is 205 g/mol. The molecule has 0 spiro atoms. The molecule has 0 bridgehead atoms. The summed E-state index contributed by atoms with van der Waals surface area (Å²) in [6.45, 7) is 2.17. The molecule has 4 heteroatoms. The highest BCUT2D eigenvalue weighted by molar-refractivity contribution is 5.71. The number of imidazole rings is 1. The fourth-order valence-corrected chi connectivity index (χ4v) is 1.50. The fourth-order valence-electron chi connectivity index (χ4n) is 1.50. The molecule has 15 heavy (non-hydrogen) atoms. The van der Waals surface area contributed by atoms with E-state index in [4.69, 9.17) is 4.74 Å². The standard InChI is InChI=1S/C11H15N3O/c1-3-4-5-9-12-8-6-7-10(15-2)14-11(8)13-9/h6-7H,3-5H2,1-2H3,(H,12,13,14). The maximum absolute atomic E-state index is 5.05. The maximum Gasteiger partial charge on any atom is 0.215 e. The monoisotopic (exact) mass is 205 g/mol. The van der Waals surface area contributed by atoms with E-state index in [1.165, 1.54) is 6.42 Å². The van der Waals surface area contributed by atoms with Crippen LogP contribution in [-0.4, -0.2) is 22.1 Å². The number of nitrogens with one attached hydrogen (secondary N) is 1. The highest BCUT2D eigenvalue weighted by atomic mass is 16.5. The van der Waals surface area contributed by atoms with Gasteiger partial charge in [-0.05, 0) is 12.5 Å². The van der Waals surface area contributed by atoms with Crippen LogP contribution in [0.15, 0.2) is 12.1 Å². The summed E-state index contributed by atoms with van der Waals surface area (Å²) in [5.41, 5.74) is 1.71. The number of fused-ring (bicyclic) bond motifs is 1. The Labute approximate surface area is 88.7 Å². The molecule has 4 nitrogen and oxygen atoms in total. The summed E-state index contributed by atoms with van der Waals surface area (Å²) in [6, 6.07) is 3.79. The van der Waals surface area contributed by atoms with Crippen molar-refractivity contribution in [2.75, 3.05) is 7.11 Å². The van der Waals surface area contributed by atoms with Crippen molar-refractivity contribution in [1.82, 2.24) is 15.0 Å². The molecule has 0 amide bonds. The van der Waals surface area contributed by atoms with E-state index >= 15 is 0 Å². The van der Waals surface area contributed by atoms with Gasteiger partial charge in [0.1, 0.15) is 5.82 Å². The minimum atomic E-state index is 0.607. The van der Waals surface area contributed by atoms with Crippen molar-refractivity contribution in [2.45, 2.75) is 26.2 Å². The molecule has 0 radical (unpaired) electrons. The number of hydrogen-bond acceptors (Lipinski definition) is 3. The summed E-state index contributed by atoms with van der Waals surface area (Å²) in [4.78, 5) is 11.9. The number of rotatable bonds is 4. The molecule has 2 aromatic heterocycles. The van der Waals surface area contributed by atoms with Crippen LogP contribution < -0.4 is 4.74 Å². The lowest BCUT2D eigenvalue weighted by Crippen LogP contribution is -1.87. The topological polar surface area (TPSA) is 50.8 Å². The van der Waals surface area contributed by atoms with Crippen molar-refractivity contribution in [3.8, 4) is 5.88 Å². The van der Waals surface area contributed by atoms with E-state index in [1.807, 2.05) is 12.1 Å². The summed E-state index contributed by atoms with van der Waals surface area (Å²) in [5, 5.41) is 0. The van der Waals surface area contributed by atoms with Gasteiger partial charge in [0.25, 0.3) is 0 Å². The number of methoxy groups -OCH3 is 1. The van der Waals surface area contributed by atoms with Gasteiger partial charge in [0.15, 0.2) is 5.65 Å². The second-order valence-electron chi connectivity index (χ2n) is 3.51. The van der Waals surface area contributed by atoms with Gasteiger partial charge in [-0.3, -0.25) is 0 Å². The molecule has 0 aliphatic rings. The number of aryl methyl sites for hydroxylation is 1. The second-order valence-corrected chi connectivity index (χ2v) is 3.51. The first kappa shape index (κ1) is 9.96. The second kappa shape index (κ2) is 4.29. The molecule has 0 fully saturated rings. The number of ether oxygens (including phenoxy) is 1. The van der Waals surface area contributed by atoms with Gasteiger partial charge in [0.2, 0.25) is 5.88 Å². The Morgan fingerprint density at radius 3 is 2.93 bits per heavy atom. The summed E-state index contributed by atoms with van der Waals surface area (Å²) in [5.74, 6) is 1.61. The quantitative estimate of drug-likeness (QED) is 0.833. The van der Waals surface area contributed by atoms with E-state index in [1.54, 1.807) is 7.11 Å². The SMILES string of the molecule is CCCCc1nc2nc(OC)ccc2[nH]1. The highest BCUT2D eigenvalue weighted by Crippen LogP contribution is 2.14. The Hall–Kier alpha value is -1.58. The molecule has 2 aromatic rings. The molecule has 2 rings (SSSR count). The largest absolute Gasteiger partial charge is 0.481 e. The lowest BCUT2D eigenvalue weighted by atomic mass is 10.2. The van der Waals surface area contributed by atoms with E-state index < -0.39 is 0 Å². The van der Waals surface area contributed by atoms with Gasteiger partial charge in [-0.25, -0.2) is 4.98 Å². The van der Waals surface area contributed by atoms with Crippen LogP contribution in [0.1, 0.15) is 25.6 Å². The first-order valence-electron chi connectivity index (χ1n) is 5.23. The first-order valence-corrected chi connectivity index (χ1v) is 5.23. The van der Waals surface area contributed by atoms with Crippen LogP contribution in [0.5, 0.6) is 5.88 Å². The van der Waals surface area contributed by atoms with Crippen LogP contribution >= 0.6 is 0 Å². The normalized spacial score (nSPS) is 10.8. The molecule has 1 N–H and O–H groups in total. The fraction of sp³-hybridized carbons (Fsp3) is 0.455. The van der Waals surface area contributed by atoms with Gasteiger partial charge in [-0.2, -0.15) is 4.98 Å². The molecule has 0 unspecified atom stereocenters. The molecule has 80 valence electrons. The predicted molar refractivity (Wildman–Crippen MR) is 59.1 cm³/mol. The summed E-state index contributed by atoms with van der Waals surface area (Å²) < 4.78 is 5.05. The zero-order valence-corrected chi connectivity index (χ0v) is 9.08. The smallest absolute Gasteiger partial charge is 0.215 e. The van der Waals surface area contributed by atoms with Crippen molar-refractivity contribution < 1.29 is 4.74 Å². The number of aromatic nitrogens is 3. The summed E-state index contributed by atoms with van der Waals surface area (Å²) in [6.07, 6.45) is 3.31. The number of hydrogen-bond donors (Lipinski definition) is 1. The number of aromatic amines is 1. The molecule has 0 aliphatic carbocycles. The van der Waals surface area contributed by atoms with Gasteiger partial charge in [0, 0.05) is 12.5 Å². The highest BCUT2D eigenvalue weighted by Gasteiger charge is 2.04. The van der Waals surface area contributed by atoms with Crippen LogP contribution in [0.2, 0.25) is 0 Å². The summed E-state index contributed by atoms with van der Waals surface area (Å²) in [7, 11) is 1.61. The lowest BCUT2D eigenvalue weighted by Gasteiger charge is -1.95. The zero-order chi connectivity index (χ0) is 10.7. The van der Waals surface area contributed by atoms with E-state index in [-0.39, 0.29) is 0 Å². The molecule has 0 aliphatic heterocycles. The third kappa shape index (κ3) is 2.09. The van der Waals surface area contributed by atoms with Gasteiger partial charge < -0.3 is 9.72 Å². The van der Waals surface area contributed by atoms with E-state index in [9.17, 15) is 0 Å². The third-order valence-electron chi connectivity index (χ3n) is 2.35. The Morgan fingerprint density at radius 2 is 2.20 bits per heavy atom. The number of nitrogens with zero attached hydrogens (tertiary/aromatic N) is 2. The van der Waals surface area contributed by atoms with Crippen molar-refractivity contribution >= 4 is 11.2 Å². The van der Waals surface area contributed by atoms with Gasteiger partial charge in [-0.1, -0.05) is 13.3 Å². The van der Waals surface area contributed by atoms with Crippen molar-refractivity contribution in [3.05, 3.63) is 18.0 Å². The number of pyridine rings is 1. The van der Waals surface area contributed by atoms with Crippen LogP contribution in [0.4, 0.5) is 0 Å². The lowest BCUT2D eigenvalue weighted by molar-refractivity contribution is 0.399. The van der Waals surface area contributed by atoms with Crippen LogP contribution in [0, 0.1) is 0 Å². The Balaban J connectivity index is 2.29. The van der Waals surface area contributed by atoms with E-state index in [2.05, 4.69) is 21.9 Å². The Kier molecular flexibility index (Phi) is 2.85. The molecular formula is C11H15N3O. The molecule has 0 aromatic carbocycles. The van der Waals surface area contributed by atoms with Crippen molar-refractivity contribution in [3.63, 3.8) is 0 Å². The molecule has 0 atom stereocenters. The van der Waals surface area contributed by atoms with E-state index in [0.29, 0.717) is 5.88 Å². The van der Waals surface area contributed by atoms with Gasteiger partial charge >= 0.3 is 0 Å². The first-order chi connectivity index (χ1) is 7.33. The van der Waals surface area contributed by atoms with Gasteiger partial charge in [0.05, 0.1) is 12.6 Å². The Bertz CT molecular complexity index is 450. The van der Waals surface area contributed by atoms with Crippen molar-refractivity contribution in [1.29, 1.82) is 0 Å². The zero-order valence-electron chi connectivity index (χ0n) is 9.08. The third-order valence-corrected chi connectivity index (χ3v) is 2.35. The predicted octanol–water partition coefficient (Wildman–Crippen LogP) is 2.31. The molecule has 0 saturated heterocycles. The van der Waals surface area contributed by atoms with Crippen LogP contribution in [-0.2, 0) is 6.42 Å². The molecule has 0 saturated carbocycles. The van der Waals surface area contributed by atoms with Crippen molar-refractivity contribution in [2.24, 2.45) is 0 Å².